The van der Waals surface area contributed by atoms with E-state index < -0.39 is 0 Å². The Labute approximate surface area is 150 Å². The number of nitrogens with zero attached hydrogens (tertiary/aromatic N) is 3. The lowest BCUT2D eigenvalue weighted by molar-refractivity contribution is 0.0690. The summed E-state index contributed by atoms with van der Waals surface area (Å²) in [5.74, 6) is -0.0586. The third kappa shape index (κ3) is 4.06. The topological polar surface area (TPSA) is 58.1 Å². The first-order chi connectivity index (χ1) is 11.7. The summed E-state index contributed by atoms with van der Waals surface area (Å²) in [5.41, 5.74) is 0.385. The lowest BCUT2D eigenvalue weighted by atomic mass is 10.1. The molecule has 0 spiro atoms. The van der Waals surface area contributed by atoms with Crippen molar-refractivity contribution in [3.05, 3.63) is 47.1 Å². The van der Waals surface area contributed by atoms with Crippen LogP contribution in [0.4, 0.5) is 0 Å². The molecular formula is C17H19ClN4OS. The number of halogens is 1. The molecule has 5 nitrogen and oxygen atoms in total. The fraction of sp³-hybridized carbons (Fsp3) is 0.353. The predicted molar refractivity (Wildman–Crippen MR) is 95.6 cm³/mol. The number of rotatable bonds is 4. The molecule has 1 fully saturated rings. The molecular weight excluding hydrogens is 344 g/mol. The van der Waals surface area contributed by atoms with Crippen molar-refractivity contribution in [1.29, 1.82) is 0 Å². The molecule has 0 radical (unpaired) electrons. The van der Waals surface area contributed by atoms with Crippen LogP contribution in [0.1, 0.15) is 23.3 Å². The van der Waals surface area contributed by atoms with Crippen LogP contribution in [0, 0.1) is 0 Å². The van der Waals surface area contributed by atoms with Gasteiger partial charge in [-0.1, -0.05) is 35.5 Å². The molecule has 7 heteroatoms. The van der Waals surface area contributed by atoms with Crippen molar-refractivity contribution in [2.75, 3.05) is 20.1 Å². The van der Waals surface area contributed by atoms with Crippen molar-refractivity contribution in [3.63, 3.8) is 0 Å². The maximum Gasteiger partial charge on any atom is 0.274 e. The van der Waals surface area contributed by atoms with Gasteiger partial charge < -0.3 is 10.2 Å². The van der Waals surface area contributed by atoms with Gasteiger partial charge in [0, 0.05) is 24.0 Å². The second kappa shape index (κ2) is 7.96. The molecule has 2 heterocycles. The highest BCUT2D eigenvalue weighted by Gasteiger charge is 2.24. The number of aromatic nitrogens is 2. The van der Waals surface area contributed by atoms with E-state index in [1.165, 1.54) is 11.8 Å². The number of hydrogen-bond donors (Lipinski definition) is 1. The predicted octanol–water partition coefficient (Wildman–Crippen LogP) is 3.11. The van der Waals surface area contributed by atoms with E-state index in [9.17, 15) is 4.79 Å². The Kier molecular flexibility index (Phi) is 5.71. The number of hydrogen-bond acceptors (Lipinski definition) is 5. The molecule has 0 aliphatic carbocycles. The number of amides is 1. The third-order valence-corrected chi connectivity index (χ3v) is 5.47. The smallest absolute Gasteiger partial charge is 0.274 e. The number of nitrogens with one attached hydrogen (secondary N) is 1. The van der Waals surface area contributed by atoms with Crippen molar-refractivity contribution < 1.29 is 4.79 Å². The van der Waals surface area contributed by atoms with E-state index >= 15 is 0 Å². The van der Waals surface area contributed by atoms with Crippen molar-refractivity contribution in [1.82, 2.24) is 20.4 Å². The van der Waals surface area contributed by atoms with Crippen LogP contribution in [0.3, 0.4) is 0 Å². The summed E-state index contributed by atoms with van der Waals surface area (Å²) in [6.45, 7) is 1.49. The highest BCUT2D eigenvalue weighted by Crippen LogP contribution is 2.31. The van der Waals surface area contributed by atoms with E-state index in [1.807, 2.05) is 42.3 Å². The Hall–Kier alpha value is -1.63. The molecule has 24 heavy (non-hydrogen) atoms. The highest BCUT2D eigenvalue weighted by molar-refractivity contribution is 7.99. The summed E-state index contributed by atoms with van der Waals surface area (Å²) in [4.78, 5) is 15.3. The van der Waals surface area contributed by atoms with E-state index in [0.29, 0.717) is 28.3 Å². The van der Waals surface area contributed by atoms with Gasteiger partial charge in [-0.3, -0.25) is 4.79 Å². The van der Waals surface area contributed by atoms with Crippen LogP contribution >= 0.6 is 23.4 Å². The van der Waals surface area contributed by atoms with Crippen LogP contribution < -0.4 is 5.32 Å². The Balaban J connectivity index is 1.68. The molecule has 1 aliphatic heterocycles. The van der Waals surface area contributed by atoms with Gasteiger partial charge in [0.15, 0.2) is 5.69 Å². The van der Waals surface area contributed by atoms with Gasteiger partial charge in [-0.15, -0.1) is 10.2 Å². The molecule has 2 aromatic rings. The SMILES string of the molecule is CNC1CCCN(C(=O)c2ccc(Sc3ccccc3Cl)nn2)C1. The van der Waals surface area contributed by atoms with Crippen LogP contribution in [-0.4, -0.2) is 47.2 Å². The van der Waals surface area contributed by atoms with E-state index in [4.69, 9.17) is 11.6 Å². The number of benzene rings is 1. The minimum atomic E-state index is -0.0586. The molecule has 0 saturated carbocycles. The average molecular weight is 363 g/mol. The lowest BCUT2D eigenvalue weighted by Crippen LogP contribution is -2.47. The average Bonchev–Trinajstić information content (AvgIpc) is 2.64. The van der Waals surface area contributed by atoms with Crippen LogP contribution in [0.15, 0.2) is 46.3 Å². The van der Waals surface area contributed by atoms with Crippen molar-refractivity contribution in [3.8, 4) is 0 Å². The Bertz CT molecular complexity index is 710. The first-order valence-corrected chi connectivity index (χ1v) is 9.09. The molecule has 1 N–H and O–H groups in total. The van der Waals surface area contributed by atoms with E-state index in [0.717, 1.165) is 24.3 Å². The van der Waals surface area contributed by atoms with E-state index in [-0.39, 0.29) is 5.91 Å². The zero-order valence-electron chi connectivity index (χ0n) is 13.4. The molecule has 1 aliphatic rings. The molecule has 1 saturated heterocycles. The number of carbonyl (C=O) groups excluding carboxylic acids is 1. The van der Waals surface area contributed by atoms with Gasteiger partial charge in [-0.25, -0.2) is 0 Å². The van der Waals surface area contributed by atoms with Crippen LogP contribution in [0.5, 0.6) is 0 Å². The van der Waals surface area contributed by atoms with Gasteiger partial charge in [-0.2, -0.15) is 0 Å². The van der Waals surface area contributed by atoms with Crippen molar-refractivity contribution in [2.24, 2.45) is 0 Å². The quantitative estimate of drug-likeness (QED) is 0.905. The van der Waals surface area contributed by atoms with E-state index in [1.54, 1.807) is 6.07 Å². The standard InChI is InChI=1S/C17H19ClN4OS/c1-19-12-5-4-10-22(11-12)17(23)14-8-9-16(21-20-14)24-15-7-3-2-6-13(15)18/h2-3,6-9,12,19H,4-5,10-11H2,1H3. The van der Waals surface area contributed by atoms with Gasteiger partial charge in [0.05, 0.1) is 5.02 Å². The summed E-state index contributed by atoms with van der Waals surface area (Å²) in [7, 11) is 1.93. The second-order valence-electron chi connectivity index (χ2n) is 5.67. The highest BCUT2D eigenvalue weighted by atomic mass is 35.5. The summed E-state index contributed by atoms with van der Waals surface area (Å²) in [6.07, 6.45) is 2.10. The molecule has 1 atom stereocenters. The van der Waals surface area contributed by atoms with Gasteiger partial charge in [-0.05, 0) is 44.2 Å². The molecule has 1 amide bonds. The molecule has 3 rings (SSSR count). The Morgan fingerprint density at radius 3 is 2.83 bits per heavy atom. The van der Waals surface area contributed by atoms with Crippen LogP contribution in [0.25, 0.3) is 0 Å². The van der Waals surface area contributed by atoms with Gasteiger partial charge >= 0.3 is 0 Å². The fourth-order valence-electron chi connectivity index (χ4n) is 2.69. The number of piperidine rings is 1. The Morgan fingerprint density at radius 2 is 2.12 bits per heavy atom. The van der Waals surface area contributed by atoms with Crippen LogP contribution in [0.2, 0.25) is 5.02 Å². The zero-order valence-corrected chi connectivity index (χ0v) is 15.0. The summed E-state index contributed by atoms with van der Waals surface area (Å²) in [5, 5.41) is 12.9. The number of carbonyl (C=O) groups is 1. The van der Waals surface area contributed by atoms with Crippen molar-refractivity contribution >= 4 is 29.3 Å². The number of likely N-dealkylation sites (N-methyl/N-ethyl adjacent to an activating group) is 1. The first-order valence-electron chi connectivity index (χ1n) is 7.90. The minimum absolute atomic E-state index is 0.0586. The second-order valence-corrected chi connectivity index (χ2v) is 7.14. The molecule has 1 unspecified atom stereocenters. The number of likely N-dealkylation sites (tertiary alicyclic amines) is 1. The summed E-state index contributed by atoms with van der Waals surface area (Å²) < 4.78 is 0. The van der Waals surface area contributed by atoms with Crippen LogP contribution in [-0.2, 0) is 0 Å². The molecule has 1 aromatic heterocycles. The van der Waals surface area contributed by atoms with E-state index in [2.05, 4.69) is 15.5 Å². The Morgan fingerprint density at radius 1 is 1.29 bits per heavy atom. The first kappa shape index (κ1) is 17.2. The normalized spacial score (nSPS) is 17.8. The van der Waals surface area contributed by atoms with Gasteiger partial charge in [0.25, 0.3) is 5.91 Å². The van der Waals surface area contributed by atoms with Crippen molar-refractivity contribution in [2.45, 2.75) is 28.8 Å². The molecule has 1 aromatic carbocycles. The van der Waals surface area contributed by atoms with Gasteiger partial charge in [0.2, 0.25) is 0 Å². The maximum atomic E-state index is 12.6. The fourth-order valence-corrected chi connectivity index (χ4v) is 3.69. The molecule has 0 bridgehead atoms. The lowest BCUT2D eigenvalue weighted by Gasteiger charge is -2.32. The minimum Gasteiger partial charge on any atom is -0.336 e. The monoisotopic (exact) mass is 362 g/mol. The molecule has 126 valence electrons. The van der Waals surface area contributed by atoms with Gasteiger partial charge in [0.1, 0.15) is 5.03 Å². The maximum absolute atomic E-state index is 12.6. The largest absolute Gasteiger partial charge is 0.336 e. The zero-order chi connectivity index (χ0) is 16.9. The summed E-state index contributed by atoms with van der Waals surface area (Å²) >= 11 is 7.58. The third-order valence-electron chi connectivity index (χ3n) is 4.03. The summed E-state index contributed by atoms with van der Waals surface area (Å²) in [6, 6.07) is 11.5.